The predicted octanol–water partition coefficient (Wildman–Crippen LogP) is 3.06. The summed E-state index contributed by atoms with van der Waals surface area (Å²) in [4.78, 5) is 21.8. The van der Waals surface area contributed by atoms with Gasteiger partial charge in [0.2, 0.25) is 6.54 Å². The van der Waals surface area contributed by atoms with E-state index in [1.54, 1.807) is 12.1 Å². The van der Waals surface area contributed by atoms with E-state index in [9.17, 15) is 14.9 Å². The van der Waals surface area contributed by atoms with Crippen LogP contribution in [-0.2, 0) is 9.53 Å². The summed E-state index contributed by atoms with van der Waals surface area (Å²) in [6.45, 7) is 1.52. The molecule has 0 spiro atoms. The van der Waals surface area contributed by atoms with E-state index in [-0.39, 0.29) is 5.57 Å². The third kappa shape index (κ3) is 5.80. The zero-order valence-corrected chi connectivity index (χ0v) is 12.8. The Morgan fingerprint density at radius 3 is 2.77 bits per heavy atom. The number of nitro groups is 1. The Bertz CT molecular complexity index is 623. The summed E-state index contributed by atoms with van der Waals surface area (Å²) in [5.41, 5.74) is 1.41. The Hall–Kier alpha value is -2.61. The van der Waals surface area contributed by atoms with Crippen LogP contribution in [0.3, 0.4) is 0 Å². The SMILES string of the molecule is CCCCC#Cc1ccccc1/C=C(\C[N+](=O)[O-])C(=O)OC. The fourth-order valence-corrected chi connectivity index (χ4v) is 1.79. The summed E-state index contributed by atoms with van der Waals surface area (Å²) in [7, 11) is 1.20. The third-order valence-electron chi connectivity index (χ3n) is 2.92. The van der Waals surface area contributed by atoms with Crippen molar-refractivity contribution in [2.45, 2.75) is 26.2 Å². The van der Waals surface area contributed by atoms with Crippen LogP contribution in [0.5, 0.6) is 0 Å². The standard InChI is InChI=1S/C17H19NO4/c1-3-4-5-6-9-14-10-7-8-11-15(14)12-16(13-18(20)21)17(19)22-2/h7-8,10-12H,3-5,13H2,1-2H3/b16-12+. The van der Waals surface area contributed by atoms with Crippen LogP contribution in [0, 0.1) is 22.0 Å². The molecule has 5 heteroatoms. The predicted molar refractivity (Wildman–Crippen MR) is 84.7 cm³/mol. The van der Waals surface area contributed by atoms with Crippen LogP contribution in [0.1, 0.15) is 37.3 Å². The molecule has 0 saturated carbocycles. The first-order chi connectivity index (χ1) is 10.6. The molecular formula is C17H19NO4. The average Bonchev–Trinajstić information content (AvgIpc) is 2.51. The van der Waals surface area contributed by atoms with E-state index in [2.05, 4.69) is 23.5 Å². The van der Waals surface area contributed by atoms with Crippen LogP contribution in [0.2, 0.25) is 0 Å². The first kappa shape index (κ1) is 17.4. The maximum atomic E-state index is 11.6. The minimum atomic E-state index is -0.703. The number of ether oxygens (including phenoxy) is 1. The van der Waals surface area contributed by atoms with Gasteiger partial charge in [0.05, 0.1) is 7.11 Å². The van der Waals surface area contributed by atoms with Gasteiger partial charge in [-0.05, 0) is 24.1 Å². The van der Waals surface area contributed by atoms with Gasteiger partial charge < -0.3 is 4.74 Å². The van der Waals surface area contributed by atoms with Crippen molar-refractivity contribution in [1.82, 2.24) is 0 Å². The molecule has 0 saturated heterocycles. The second-order valence-electron chi connectivity index (χ2n) is 4.64. The molecule has 0 fully saturated rings. The molecule has 0 heterocycles. The van der Waals surface area contributed by atoms with E-state index in [4.69, 9.17) is 0 Å². The maximum Gasteiger partial charge on any atom is 0.340 e. The minimum absolute atomic E-state index is 0.00434. The fraction of sp³-hybridized carbons (Fsp3) is 0.353. The molecule has 0 aromatic heterocycles. The largest absolute Gasteiger partial charge is 0.465 e. The van der Waals surface area contributed by atoms with Crippen LogP contribution >= 0.6 is 0 Å². The normalized spacial score (nSPS) is 10.5. The molecule has 116 valence electrons. The summed E-state index contributed by atoms with van der Waals surface area (Å²) >= 11 is 0. The molecule has 0 aliphatic heterocycles. The smallest absolute Gasteiger partial charge is 0.340 e. The van der Waals surface area contributed by atoms with E-state index in [1.165, 1.54) is 13.2 Å². The quantitative estimate of drug-likeness (QED) is 0.202. The van der Waals surface area contributed by atoms with E-state index in [1.807, 2.05) is 12.1 Å². The molecule has 0 N–H and O–H groups in total. The van der Waals surface area contributed by atoms with Crippen LogP contribution in [0.25, 0.3) is 6.08 Å². The van der Waals surface area contributed by atoms with E-state index in [0.717, 1.165) is 24.8 Å². The second-order valence-corrected chi connectivity index (χ2v) is 4.64. The lowest BCUT2D eigenvalue weighted by molar-refractivity contribution is -0.470. The zero-order valence-electron chi connectivity index (χ0n) is 12.8. The number of rotatable bonds is 6. The van der Waals surface area contributed by atoms with Gasteiger partial charge in [0.15, 0.2) is 0 Å². The molecule has 0 aliphatic carbocycles. The lowest BCUT2D eigenvalue weighted by Gasteiger charge is -2.03. The molecule has 0 aliphatic rings. The van der Waals surface area contributed by atoms with Crippen molar-refractivity contribution in [3.63, 3.8) is 0 Å². The highest BCUT2D eigenvalue weighted by Crippen LogP contribution is 2.13. The molecule has 0 radical (unpaired) electrons. The molecule has 5 nitrogen and oxygen atoms in total. The summed E-state index contributed by atoms with van der Waals surface area (Å²) in [5.74, 6) is 5.41. The van der Waals surface area contributed by atoms with Crippen LogP contribution in [0.15, 0.2) is 29.8 Å². The van der Waals surface area contributed by atoms with Gasteiger partial charge in [-0.3, -0.25) is 10.1 Å². The first-order valence-electron chi connectivity index (χ1n) is 7.07. The Labute approximate surface area is 130 Å². The molecular weight excluding hydrogens is 282 g/mol. The number of hydrogen-bond acceptors (Lipinski definition) is 4. The average molecular weight is 301 g/mol. The molecule has 1 rings (SSSR count). The van der Waals surface area contributed by atoms with Crippen LogP contribution in [-0.4, -0.2) is 24.5 Å². The number of carbonyl (C=O) groups excluding carboxylic acids is 1. The Kier molecular flexibility index (Phi) is 7.41. The summed E-state index contributed by atoms with van der Waals surface area (Å²) in [6, 6.07) is 7.23. The minimum Gasteiger partial charge on any atom is -0.465 e. The van der Waals surface area contributed by atoms with Crippen molar-refractivity contribution >= 4 is 12.0 Å². The highest BCUT2D eigenvalue weighted by molar-refractivity contribution is 5.94. The van der Waals surface area contributed by atoms with Crippen molar-refractivity contribution < 1.29 is 14.5 Å². The number of esters is 1. The third-order valence-corrected chi connectivity index (χ3v) is 2.92. The Balaban J connectivity index is 3.11. The van der Waals surface area contributed by atoms with Gasteiger partial charge in [0, 0.05) is 16.9 Å². The summed E-state index contributed by atoms with van der Waals surface area (Å²) in [5, 5.41) is 10.7. The fourth-order valence-electron chi connectivity index (χ4n) is 1.79. The molecule has 0 unspecified atom stereocenters. The number of hydrogen-bond donors (Lipinski definition) is 0. The summed E-state index contributed by atoms with van der Waals surface area (Å²) < 4.78 is 4.59. The molecule has 22 heavy (non-hydrogen) atoms. The monoisotopic (exact) mass is 301 g/mol. The Morgan fingerprint density at radius 2 is 2.14 bits per heavy atom. The van der Waals surface area contributed by atoms with Crippen molar-refractivity contribution in [3.8, 4) is 11.8 Å². The second kappa shape index (κ2) is 9.35. The van der Waals surface area contributed by atoms with E-state index in [0.29, 0.717) is 5.56 Å². The van der Waals surface area contributed by atoms with E-state index < -0.39 is 17.4 Å². The molecule has 1 aromatic carbocycles. The van der Waals surface area contributed by atoms with Gasteiger partial charge in [0.25, 0.3) is 0 Å². The van der Waals surface area contributed by atoms with Gasteiger partial charge in [-0.1, -0.05) is 43.4 Å². The van der Waals surface area contributed by atoms with Crippen LogP contribution < -0.4 is 0 Å². The van der Waals surface area contributed by atoms with Crippen molar-refractivity contribution in [1.29, 1.82) is 0 Å². The molecule has 0 amide bonds. The topological polar surface area (TPSA) is 69.4 Å². The van der Waals surface area contributed by atoms with E-state index >= 15 is 0 Å². The number of unbranched alkanes of at least 4 members (excludes halogenated alkanes) is 2. The number of nitrogens with zero attached hydrogens (tertiary/aromatic N) is 1. The Morgan fingerprint density at radius 1 is 1.41 bits per heavy atom. The van der Waals surface area contributed by atoms with Gasteiger partial charge in [0.1, 0.15) is 5.57 Å². The van der Waals surface area contributed by atoms with Gasteiger partial charge in [-0.25, -0.2) is 4.79 Å². The summed E-state index contributed by atoms with van der Waals surface area (Å²) in [6.07, 6.45) is 4.37. The number of methoxy groups -OCH3 is 1. The van der Waals surface area contributed by atoms with Gasteiger partial charge in [-0.2, -0.15) is 0 Å². The molecule has 1 aromatic rings. The maximum absolute atomic E-state index is 11.6. The number of benzene rings is 1. The highest BCUT2D eigenvalue weighted by atomic mass is 16.6. The number of carbonyl (C=O) groups is 1. The first-order valence-corrected chi connectivity index (χ1v) is 7.07. The molecule has 0 bridgehead atoms. The highest BCUT2D eigenvalue weighted by Gasteiger charge is 2.16. The van der Waals surface area contributed by atoms with Crippen molar-refractivity contribution in [3.05, 3.63) is 51.1 Å². The lowest BCUT2D eigenvalue weighted by atomic mass is 10.0. The van der Waals surface area contributed by atoms with Gasteiger partial charge in [-0.15, -0.1) is 0 Å². The zero-order chi connectivity index (χ0) is 16.4. The lowest BCUT2D eigenvalue weighted by Crippen LogP contribution is -2.14. The van der Waals surface area contributed by atoms with Crippen molar-refractivity contribution in [2.75, 3.05) is 13.7 Å². The molecule has 0 atom stereocenters. The van der Waals surface area contributed by atoms with Gasteiger partial charge >= 0.3 is 5.97 Å². The van der Waals surface area contributed by atoms with Crippen molar-refractivity contribution in [2.24, 2.45) is 0 Å². The van der Waals surface area contributed by atoms with Crippen LogP contribution in [0.4, 0.5) is 0 Å².